The van der Waals surface area contributed by atoms with Gasteiger partial charge in [0.05, 0.1) is 7.11 Å². The second-order valence-electron chi connectivity index (χ2n) is 6.98. The Balaban J connectivity index is 1.98. The third-order valence-electron chi connectivity index (χ3n) is 4.80. The van der Waals surface area contributed by atoms with Crippen LogP contribution in [0.1, 0.15) is 36.8 Å². The van der Waals surface area contributed by atoms with Crippen LogP contribution in [0, 0.1) is 5.82 Å². The minimum absolute atomic E-state index is 0.0689. The van der Waals surface area contributed by atoms with Gasteiger partial charge in [-0.3, -0.25) is 14.4 Å². The Morgan fingerprint density at radius 3 is 2.35 bits per heavy atom. The first kappa shape index (κ1) is 24.6. The molecule has 2 aromatic rings. The fourth-order valence-electron chi connectivity index (χ4n) is 2.91. The Bertz CT molecular complexity index is 883. The second-order valence-corrected chi connectivity index (χ2v) is 7.86. The number of nitrogens with zero attached hydrogens (tertiary/aromatic N) is 1. The van der Waals surface area contributed by atoms with Crippen LogP contribution in [0.2, 0.25) is 0 Å². The minimum Gasteiger partial charge on any atom is -0.352 e. The van der Waals surface area contributed by atoms with Crippen molar-refractivity contribution in [1.82, 2.24) is 10.4 Å². The van der Waals surface area contributed by atoms with Gasteiger partial charge in [-0.05, 0) is 60.6 Å². The second kappa shape index (κ2) is 12.9. The van der Waals surface area contributed by atoms with Gasteiger partial charge in [0.1, 0.15) is 5.82 Å². The lowest BCUT2D eigenvalue weighted by atomic mass is 10.0. The number of amides is 2. The first-order chi connectivity index (χ1) is 14.9. The van der Waals surface area contributed by atoms with E-state index in [4.69, 9.17) is 4.84 Å². The van der Waals surface area contributed by atoms with Crippen molar-refractivity contribution in [3.05, 3.63) is 65.5 Å². The molecule has 0 heterocycles. The van der Waals surface area contributed by atoms with Crippen LogP contribution in [0.3, 0.4) is 0 Å². The van der Waals surface area contributed by atoms with E-state index in [9.17, 15) is 14.0 Å². The summed E-state index contributed by atoms with van der Waals surface area (Å²) in [6.45, 7) is 0.497. The number of rotatable bonds is 11. The summed E-state index contributed by atoms with van der Waals surface area (Å²) in [5.41, 5.74) is 2.03. The highest BCUT2D eigenvalue weighted by Crippen LogP contribution is 2.21. The van der Waals surface area contributed by atoms with Crippen LogP contribution < -0.4 is 5.32 Å². The van der Waals surface area contributed by atoms with E-state index in [0.717, 1.165) is 29.7 Å². The summed E-state index contributed by atoms with van der Waals surface area (Å²) >= 11 is 1.65. The molecule has 0 unspecified atom stereocenters. The minimum atomic E-state index is -0.346. The van der Waals surface area contributed by atoms with Gasteiger partial charge >= 0.3 is 0 Å². The molecule has 7 heteroatoms. The molecule has 0 aromatic heterocycles. The average molecular weight is 445 g/mol. The van der Waals surface area contributed by atoms with Gasteiger partial charge < -0.3 is 5.32 Å². The molecule has 0 atom stereocenters. The number of benzene rings is 2. The number of nitrogens with one attached hydrogen (secondary N) is 1. The molecule has 1 N–H and O–H groups in total. The van der Waals surface area contributed by atoms with Crippen molar-refractivity contribution in [3.63, 3.8) is 0 Å². The molecule has 0 aliphatic rings. The van der Waals surface area contributed by atoms with E-state index in [1.54, 1.807) is 30.9 Å². The molecule has 0 fully saturated rings. The van der Waals surface area contributed by atoms with Crippen molar-refractivity contribution in [2.75, 3.05) is 27.0 Å². The largest absolute Gasteiger partial charge is 0.352 e. The highest BCUT2D eigenvalue weighted by Gasteiger charge is 2.12. The number of hydrogen-bond donors (Lipinski definition) is 1. The van der Waals surface area contributed by atoms with E-state index < -0.39 is 0 Å². The summed E-state index contributed by atoms with van der Waals surface area (Å²) < 4.78 is 13.4. The van der Waals surface area contributed by atoms with Crippen LogP contribution in [0.25, 0.3) is 11.6 Å². The fourth-order valence-corrected chi connectivity index (χ4v) is 3.32. The van der Waals surface area contributed by atoms with Crippen LogP contribution in [-0.4, -0.2) is 43.8 Å². The molecule has 2 rings (SSSR count). The highest BCUT2D eigenvalue weighted by molar-refractivity contribution is 7.98. The van der Waals surface area contributed by atoms with Gasteiger partial charge in [0.15, 0.2) is 0 Å². The zero-order valence-corrected chi connectivity index (χ0v) is 19.0. The number of thioether (sulfide) groups is 1. The summed E-state index contributed by atoms with van der Waals surface area (Å²) in [7, 11) is 3.04. The molecule has 2 aromatic carbocycles. The number of hydrogen-bond acceptors (Lipinski definition) is 4. The monoisotopic (exact) mass is 444 g/mol. The molecule has 2 amide bonds. The molecule has 5 nitrogen and oxygen atoms in total. The maximum Gasteiger partial charge on any atom is 0.251 e. The van der Waals surface area contributed by atoms with Crippen molar-refractivity contribution in [2.24, 2.45) is 0 Å². The summed E-state index contributed by atoms with van der Waals surface area (Å²) in [6, 6.07) is 13.8. The lowest BCUT2D eigenvalue weighted by Crippen LogP contribution is -2.26. The quantitative estimate of drug-likeness (QED) is 0.178. The molecule has 0 spiro atoms. The molecule has 0 radical (unpaired) electrons. The van der Waals surface area contributed by atoms with Gasteiger partial charge in [-0.15, -0.1) is 11.8 Å². The predicted octanol–water partition coefficient (Wildman–Crippen LogP) is 4.78. The topological polar surface area (TPSA) is 58.6 Å². The fraction of sp³-hybridized carbons (Fsp3) is 0.333. The van der Waals surface area contributed by atoms with Gasteiger partial charge in [0.25, 0.3) is 5.91 Å². The molecule has 0 aliphatic heterocycles. The normalized spacial score (nSPS) is 11.3. The molecule has 0 aliphatic carbocycles. The Kier molecular flexibility index (Phi) is 10.3. The molecular formula is C24H29FN2O3S. The SMILES string of the molecule is CON(C)C(=O)CCCCCNC(=O)C(=Cc1ccc(SC)cc1)c1ccc(F)cc1. The van der Waals surface area contributed by atoms with E-state index in [2.05, 4.69) is 5.32 Å². The van der Waals surface area contributed by atoms with E-state index in [-0.39, 0.29) is 17.6 Å². The van der Waals surface area contributed by atoms with E-state index >= 15 is 0 Å². The number of carbonyl (C=O) groups excluding carboxylic acids is 2. The molecule has 166 valence electrons. The average Bonchev–Trinajstić information content (AvgIpc) is 2.79. The Morgan fingerprint density at radius 2 is 1.74 bits per heavy atom. The van der Waals surface area contributed by atoms with Gasteiger partial charge in [-0.25, -0.2) is 9.45 Å². The van der Waals surface area contributed by atoms with Crippen molar-refractivity contribution in [3.8, 4) is 0 Å². The van der Waals surface area contributed by atoms with E-state index in [1.807, 2.05) is 36.6 Å². The summed E-state index contributed by atoms with van der Waals surface area (Å²) in [6.07, 6.45) is 6.53. The number of hydroxylamine groups is 2. The van der Waals surface area contributed by atoms with Gasteiger partial charge in [-0.1, -0.05) is 30.7 Å². The lowest BCUT2D eigenvalue weighted by molar-refractivity contribution is -0.168. The van der Waals surface area contributed by atoms with Gasteiger partial charge in [-0.2, -0.15) is 0 Å². The number of carbonyl (C=O) groups is 2. The molecule has 0 bridgehead atoms. The summed E-state index contributed by atoms with van der Waals surface area (Å²) in [5.74, 6) is -0.627. The third-order valence-corrected chi connectivity index (χ3v) is 5.55. The van der Waals surface area contributed by atoms with Crippen LogP contribution in [0.15, 0.2) is 53.4 Å². The van der Waals surface area contributed by atoms with Crippen LogP contribution in [0.4, 0.5) is 4.39 Å². The molecular weight excluding hydrogens is 415 g/mol. The summed E-state index contributed by atoms with van der Waals surface area (Å²) in [4.78, 5) is 30.6. The highest BCUT2D eigenvalue weighted by atomic mass is 32.2. The van der Waals surface area contributed by atoms with Crippen LogP contribution in [-0.2, 0) is 14.4 Å². The standard InChI is InChI=1S/C24H29FN2O3S/c1-27(30-2)23(28)7-5-4-6-16-26-24(29)22(19-10-12-20(25)13-11-19)17-18-8-14-21(31-3)15-9-18/h8-15,17H,4-7,16H2,1-3H3,(H,26,29). The molecule has 0 saturated heterocycles. The smallest absolute Gasteiger partial charge is 0.251 e. The van der Waals surface area contributed by atoms with Crippen molar-refractivity contribution < 1.29 is 18.8 Å². The molecule has 31 heavy (non-hydrogen) atoms. The van der Waals surface area contributed by atoms with E-state index in [0.29, 0.717) is 24.1 Å². The zero-order chi connectivity index (χ0) is 22.6. The Morgan fingerprint density at radius 1 is 1.06 bits per heavy atom. The number of halogens is 1. The first-order valence-corrected chi connectivity index (χ1v) is 11.4. The Labute approximate surface area is 187 Å². The predicted molar refractivity (Wildman–Crippen MR) is 124 cm³/mol. The van der Waals surface area contributed by atoms with Gasteiger partial charge in [0, 0.05) is 30.5 Å². The van der Waals surface area contributed by atoms with Crippen LogP contribution >= 0.6 is 11.8 Å². The van der Waals surface area contributed by atoms with Crippen molar-refractivity contribution in [1.29, 1.82) is 0 Å². The van der Waals surface area contributed by atoms with Crippen molar-refractivity contribution in [2.45, 2.75) is 30.6 Å². The zero-order valence-electron chi connectivity index (χ0n) is 18.2. The van der Waals surface area contributed by atoms with Crippen molar-refractivity contribution >= 4 is 35.2 Å². The first-order valence-electron chi connectivity index (χ1n) is 10.1. The maximum absolute atomic E-state index is 13.4. The third kappa shape index (κ3) is 8.19. The van der Waals surface area contributed by atoms with Gasteiger partial charge in [0.2, 0.25) is 5.91 Å². The molecule has 0 saturated carbocycles. The maximum atomic E-state index is 13.4. The summed E-state index contributed by atoms with van der Waals surface area (Å²) in [5, 5.41) is 4.15. The van der Waals surface area contributed by atoms with E-state index in [1.165, 1.54) is 24.3 Å². The Hall–Kier alpha value is -2.64. The van der Waals surface area contributed by atoms with Crippen LogP contribution in [0.5, 0.6) is 0 Å². The lowest BCUT2D eigenvalue weighted by Gasteiger charge is -2.13. The number of unbranched alkanes of at least 4 members (excludes halogenated alkanes) is 2.